The number of esters is 1. The first-order chi connectivity index (χ1) is 5.58. The minimum Gasteiger partial charge on any atom is -0.554 e. The zero-order chi connectivity index (χ0) is 9.98. The maximum atomic E-state index is 10.6. The van der Waals surface area contributed by atoms with Crippen molar-refractivity contribution < 1.29 is 24.3 Å². The summed E-state index contributed by atoms with van der Waals surface area (Å²) in [5, 5.41) is 8.25. The van der Waals surface area contributed by atoms with E-state index in [9.17, 15) is 4.79 Å². The van der Waals surface area contributed by atoms with Crippen LogP contribution in [0.3, 0.4) is 0 Å². The lowest BCUT2D eigenvalue weighted by Crippen LogP contribution is -3.06. The van der Waals surface area contributed by atoms with Gasteiger partial charge in [-0.15, -0.1) is 0 Å². The molecule has 0 aromatic heterocycles. The van der Waals surface area contributed by atoms with E-state index in [1.165, 1.54) is 0 Å². The maximum Gasteiger partial charge on any atom is 0.361 e. The summed E-state index contributed by atoms with van der Waals surface area (Å²) in [6.45, 7) is 2.24. The molecule has 0 aliphatic heterocycles. The maximum absolute atomic E-state index is 10.6. The van der Waals surface area contributed by atoms with Crippen molar-refractivity contribution in [3.05, 3.63) is 0 Å². The van der Waals surface area contributed by atoms with Crippen LogP contribution in [0.5, 0.6) is 0 Å². The van der Waals surface area contributed by atoms with Crippen LogP contribution in [0.4, 0.5) is 0 Å². The molecule has 0 aromatic carbocycles. The smallest absolute Gasteiger partial charge is 0.361 e. The molecule has 0 aromatic rings. The molecule has 0 spiro atoms. The van der Waals surface area contributed by atoms with E-state index in [0.29, 0.717) is 13.2 Å². The Morgan fingerprint density at radius 3 is 2.25 bits per heavy atom. The lowest BCUT2D eigenvalue weighted by Gasteiger charge is -2.04. The molecule has 0 unspecified atom stereocenters. The fourth-order valence-electron chi connectivity index (χ4n) is 0.501. The third-order valence-corrected chi connectivity index (χ3v) is 0.803. The summed E-state index contributed by atoms with van der Waals surface area (Å²) in [4.78, 5) is 20.0. The standard InChI is InChI=1S/C6H13NO2.CH2O2/c1-4-9-6(8)5-7(2)3;2-1-3/h4-5H2,1-3H3;1H,(H,2,3). The highest BCUT2D eigenvalue weighted by atomic mass is 16.5. The number of carboxylic acid groups (broad SMARTS) is 1. The fourth-order valence-corrected chi connectivity index (χ4v) is 0.501. The van der Waals surface area contributed by atoms with E-state index in [1.54, 1.807) is 0 Å². The van der Waals surface area contributed by atoms with Gasteiger partial charge in [-0.05, 0) is 6.92 Å². The average molecular weight is 177 g/mol. The molecule has 5 nitrogen and oxygen atoms in total. The van der Waals surface area contributed by atoms with Gasteiger partial charge in [0.1, 0.15) is 0 Å². The van der Waals surface area contributed by atoms with Gasteiger partial charge in [-0.1, -0.05) is 0 Å². The summed E-state index contributed by atoms with van der Waals surface area (Å²) < 4.78 is 4.69. The summed E-state index contributed by atoms with van der Waals surface area (Å²) in [7, 11) is 3.83. The van der Waals surface area contributed by atoms with E-state index in [-0.39, 0.29) is 5.97 Å². The molecular weight excluding hydrogens is 162 g/mol. The first-order valence-corrected chi connectivity index (χ1v) is 3.58. The van der Waals surface area contributed by atoms with E-state index < -0.39 is 6.47 Å². The van der Waals surface area contributed by atoms with Gasteiger partial charge in [-0.25, -0.2) is 4.79 Å². The van der Waals surface area contributed by atoms with Gasteiger partial charge in [-0.3, -0.25) is 0 Å². The van der Waals surface area contributed by atoms with Gasteiger partial charge in [-0.2, -0.15) is 0 Å². The Labute approximate surface area is 71.9 Å². The molecule has 0 saturated carbocycles. The van der Waals surface area contributed by atoms with E-state index in [1.807, 2.05) is 21.0 Å². The number of hydrogen-bond donors (Lipinski definition) is 1. The molecule has 1 N–H and O–H groups in total. The molecule has 0 radical (unpaired) electrons. The molecule has 0 amide bonds. The predicted octanol–water partition coefficient (Wildman–Crippen LogP) is -2.94. The summed E-state index contributed by atoms with van der Waals surface area (Å²) in [6, 6.07) is 0. The molecular formula is C7H15NO4. The van der Waals surface area contributed by atoms with Crippen LogP contribution in [-0.2, 0) is 14.3 Å². The molecule has 0 heterocycles. The second kappa shape index (κ2) is 9.90. The lowest BCUT2D eigenvalue weighted by molar-refractivity contribution is -0.850. The minimum atomic E-state index is -0.500. The number of carbonyl (C=O) groups excluding carboxylic acids is 2. The first kappa shape index (κ1) is 13.5. The van der Waals surface area contributed by atoms with E-state index in [4.69, 9.17) is 14.6 Å². The molecule has 72 valence electrons. The van der Waals surface area contributed by atoms with E-state index in [0.717, 1.165) is 4.90 Å². The minimum absolute atomic E-state index is 0.127. The number of hydrogen-bond acceptors (Lipinski definition) is 4. The second-order valence-electron chi connectivity index (χ2n) is 2.29. The van der Waals surface area contributed by atoms with Crippen molar-refractivity contribution in [1.29, 1.82) is 0 Å². The van der Waals surface area contributed by atoms with Crippen molar-refractivity contribution in [3.63, 3.8) is 0 Å². The van der Waals surface area contributed by atoms with Crippen molar-refractivity contribution in [2.75, 3.05) is 27.2 Å². The number of nitrogens with one attached hydrogen (secondary N) is 1. The Balaban J connectivity index is 0. The highest BCUT2D eigenvalue weighted by molar-refractivity contribution is 5.70. The third kappa shape index (κ3) is 16.0. The molecule has 5 heteroatoms. The zero-order valence-corrected chi connectivity index (χ0v) is 7.62. The number of carbonyl (C=O) groups is 2. The summed E-state index contributed by atoms with van der Waals surface area (Å²) in [5.41, 5.74) is 0. The monoisotopic (exact) mass is 177 g/mol. The molecule has 12 heavy (non-hydrogen) atoms. The van der Waals surface area contributed by atoms with E-state index >= 15 is 0 Å². The third-order valence-electron chi connectivity index (χ3n) is 0.803. The van der Waals surface area contributed by atoms with Crippen molar-refractivity contribution in [2.45, 2.75) is 6.92 Å². The first-order valence-electron chi connectivity index (χ1n) is 3.58. The van der Waals surface area contributed by atoms with Crippen LogP contribution < -0.4 is 10.0 Å². The Kier molecular flexibility index (Phi) is 11.1. The van der Waals surface area contributed by atoms with Crippen LogP contribution in [0, 0.1) is 0 Å². The van der Waals surface area contributed by atoms with Gasteiger partial charge in [0.25, 0.3) is 0 Å². The Morgan fingerprint density at radius 2 is 2.00 bits per heavy atom. The van der Waals surface area contributed by atoms with Gasteiger partial charge in [0.05, 0.1) is 20.7 Å². The molecule has 0 fully saturated rings. The van der Waals surface area contributed by atoms with Crippen LogP contribution in [-0.4, -0.2) is 39.7 Å². The SMILES string of the molecule is CCOC(=O)C[NH+](C)C.O=C[O-]. The molecule has 0 aliphatic rings. The van der Waals surface area contributed by atoms with Gasteiger partial charge >= 0.3 is 5.97 Å². The topological polar surface area (TPSA) is 70.9 Å². The average Bonchev–Trinajstić information content (AvgIpc) is 1.87. The fraction of sp³-hybridized carbons (Fsp3) is 0.714. The molecule has 0 saturated heterocycles. The summed E-state index contributed by atoms with van der Waals surface area (Å²) in [5.74, 6) is -0.127. The second-order valence-corrected chi connectivity index (χ2v) is 2.29. The van der Waals surface area contributed by atoms with Gasteiger partial charge in [0.15, 0.2) is 6.54 Å². The number of rotatable bonds is 3. The zero-order valence-electron chi connectivity index (χ0n) is 7.62. The van der Waals surface area contributed by atoms with E-state index in [2.05, 4.69) is 0 Å². The predicted molar refractivity (Wildman–Crippen MR) is 40.4 cm³/mol. The Bertz CT molecular complexity index is 125. The lowest BCUT2D eigenvalue weighted by atomic mass is 10.6. The van der Waals surface area contributed by atoms with Gasteiger partial charge in [0.2, 0.25) is 0 Å². The van der Waals surface area contributed by atoms with Crippen LogP contribution in [0.1, 0.15) is 6.92 Å². The number of ether oxygens (including phenoxy) is 1. The number of quaternary nitrogens is 1. The highest BCUT2D eigenvalue weighted by Crippen LogP contribution is 1.70. The molecule has 0 atom stereocenters. The van der Waals surface area contributed by atoms with Crippen LogP contribution in [0.25, 0.3) is 0 Å². The molecule has 0 aliphatic carbocycles. The quantitative estimate of drug-likeness (QED) is 0.370. The van der Waals surface area contributed by atoms with Crippen LogP contribution in [0.15, 0.2) is 0 Å². The molecule has 0 bridgehead atoms. The van der Waals surface area contributed by atoms with Gasteiger partial charge in [0, 0.05) is 6.47 Å². The van der Waals surface area contributed by atoms with Crippen molar-refractivity contribution in [2.24, 2.45) is 0 Å². The van der Waals surface area contributed by atoms with Crippen molar-refractivity contribution in [3.8, 4) is 0 Å². The van der Waals surface area contributed by atoms with Crippen molar-refractivity contribution >= 4 is 12.4 Å². The summed E-state index contributed by atoms with van der Waals surface area (Å²) >= 11 is 0. The van der Waals surface area contributed by atoms with Crippen LogP contribution >= 0.6 is 0 Å². The summed E-state index contributed by atoms with van der Waals surface area (Å²) in [6.07, 6.45) is 0. The largest absolute Gasteiger partial charge is 0.554 e. The number of likely N-dealkylation sites (N-methyl/N-ethyl adjacent to an activating group) is 1. The highest BCUT2D eigenvalue weighted by Gasteiger charge is 2.04. The Morgan fingerprint density at radius 1 is 1.58 bits per heavy atom. The molecule has 0 rings (SSSR count). The van der Waals surface area contributed by atoms with Gasteiger partial charge < -0.3 is 19.5 Å². The van der Waals surface area contributed by atoms with Crippen LogP contribution in [0.2, 0.25) is 0 Å². The Hall–Kier alpha value is -1.10. The normalized spacial score (nSPS) is 8.33. The van der Waals surface area contributed by atoms with Crippen molar-refractivity contribution in [1.82, 2.24) is 0 Å².